The molecule has 3 aromatic rings. The van der Waals surface area contributed by atoms with Crippen molar-refractivity contribution in [3.63, 3.8) is 0 Å². The Morgan fingerprint density at radius 3 is 2.39 bits per heavy atom. The minimum Gasteiger partial charge on any atom is -0.497 e. The number of allylic oxidation sites excluding steroid dienone is 3. The molecule has 1 aromatic heterocycles. The SMILES string of the molecule is COc1ccc(CN(C)c2nc(N(C)C3=CCCC=C3)nn2Cc2cc[c-]cc2)cc1.[CH3-].[U+2]. The van der Waals surface area contributed by atoms with E-state index in [1.165, 1.54) is 5.56 Å². The number of aromatic nitrogens is 3. The third-order valence-corrected chi connectivity index (χ3v) is 5.34. The molecule has 170 valence electrons. The van der Waals surface area contributed by atoms with Gasteiger partial charge in [-0.05, 0) is 36.6 Å². The molecule has 0 N–H and O–H groups in total. The van der Waals surface area contributed by atoms with Crippen LogP contribution in [-0.2, 0) is 13.1 Å². The second-order valence-electron chi connectivity index (χ2n) is 7.65. The van der Waals surface area contributed by atoms with Gasteiger partial charge < -0.3 is 22.0 Å². The van der Waals surface area contributed by atoms with Crippen molar-refractivity contribution in [3.8, 4) is 5.75 Å². The summed E-state index contributed by atoms with van der Waals surface area (Å²) in [6.45, 7) is 1.36. The van der Waals surface area contributed by atoms with Gasteiger partial charge in [0.05, 0.1) is 7.11 Å². The van der Waals surface area contributed by atoms with Crippen LogP contribution in [0.4, 0.5) is 11.9 Å². The van der Waals surface area contributed by atoms with Crippen molar-refractivity contribution >= 4 is 11.9 Å². The van der Waals surface area contributed by atoms with Crippen LogP contribution in [0.25, 0.3) is 0 Å². The molecule has 1 heterocycles. The third kappa shape index (κ3) is 6.75. The van der Waals surface area contributed by atoms with E-state index in [1.807, 2.05) is 43.0 Å². The average molecular weight is 668 g/mol. The molecule has 0 aliphatic heterocycles. The number of anilines is 2. The van der Waals surface area contributed by atoms with Crippen LogP contribution in [0.2, 0.25) is 0 Å². The van der Waals surface area contributed by atoms with E-state index in [4.69, 9.17) is 14.8 Å². The predicted octanol–water partition coefficient (Wildman–Crippen LogP) is 4.89. The van der Waals surface area contributed by atoms with Crippen molar-refractivity contribution in [3.05, 3.63) is 97.1 Å². The summed E-state index contributed by atoms with van der Waals surface area (Å²) in [5, 5.41) is 4.86. The minimum atomic E-state index is 0. The fourth-order valence-corrected chi connectivity index (χ4v) is 3.59. The molecule has 1 aliphatic rings. The van der Waals surface area contributed by atoms with Gasteiger partial charge in [0.15, 0.2) is 0 Å². The Balaban J connectivity index is 0.00000193. The summed E-state index contributed by atoms with van der Waals surface area (Å²) in [6.07, 6.45) is 8.69. The van der Waals surface area contributed by atoms with Gasteiger partial charge in [-0.15, -0.1) is 10.7 Å². The Hall–Kier alpha value is -2.49. The van der Waals surface area contributed by atoms with Gasteiger partial charge in [0.1, 0.15) is 5.75 Å². The van der Waals surface area contributed by atoms with Gasteiger partial charge in [-0.25, -0.2) is 4.68 Å². The summed E-state index contributed by atoms with van der Waals surface area (Å²) in [7, 11) is 5.75. The predicted molar refractivity (Wildman–Crippen MR) is 131 cm³/mol. The summed E-state index contributed by atoms with van der Waals surface area (Å²) < 4.78 is 7.24. The molecule has 0 atom stereocenters. The van der Waals surface area contributed by atoms with Crippen LogP contribution in [0, 0.1) is 44.6 Å². The summed E-state index contributed by atoms with van der Waals surface area (Å²) in [5.41, 5.74) is 3.47. The molecule has 0 unspecified atom stereocenters. The molecule has 6 nitrogen and oxygen atoms in total. The summed E-state index contributed by atoms with van der Waals surface area (Å²) in [5.74, 6) is 2.37. The number of methoxy groups -OCH3 is 1. The first-order valence-electron chi connectivity index (χ1n) is 10.5. The summed E-state index contributed by atoms with van der Waals surface area (Å²) in [4.78, 5) is 9.09. The minimum absolute atomic E-state index is 0. The van der Waals surface area contributed by atoms with Crippen molar-refractivity contribution in [2.24, 2.45) is 0 Å². The van der Waals surface area contributed by atoms with Gasteiger partial charge in [0.25, 0.3) is 5.95 Å². The molecule has 0 saturated heterocycles. The molecule has 33 heavy (non-hydrogen) atoms. The zero-order valence-electron chi connectivity index (χ0n) is 19.8. The molecule has 0 saturated carbocycles. The van der Waals surface area contributed by atoms with E-state index in [0.717, 1.165) is 42.3 Å². The molecule has 0 radical (unpaired) electrons. The van der Waals surface area contributed by atoms with E-state index in [9.17, 15) is 0 Å². The van der Waals surface area contributed by atoms with Gasteiger partial charge in [0.2, 0.25) is 5.95 Å². The van der Waals surface area contributed by atoms with Gasteiger partial charge in [-0.3, -0.25) is 0 Å². The van der Waals surface area contributed by atoms with E-state index >= 15 is 0 Å². The largest absolute Gasteiger partial charge is 2.00 e. The number of likely N-dealkylation sites (N-methyl/N-ethyl adjacent to an activating group) is 1. The second-order valence-corrected chi connectivity index (χ2v) is 7.65. The van der Waals surface area contributed by atoms with E-state index in [0.29, 0.717) is 12.5 Å². The standard InChI is InChI=1S/C25H28N5O.CH3.U/c1-28(18-21-14-16-23(31-3)17-15-21)25-26-24(29(2)22-12-8-5-9-13-22)27-30(25)19-20-10-6-4-7-11-20;;/h6-8,10-17H,5,9,18-19H2,1-3H3;1H3;/q2*-1;+2. The monoisotopic (exact) mass is 667 g/mol. The topological polar surface area (TPSA) is 46.4 Å². The summed E-state index contributed by atoms with van der Waals surface area (Å²) in [6, 6.07) is 19.2. The van der Waals surface area contributed by atoms with Crippen LogP contribution in [-0.4, -0.2) is 36.0 Å². The Labute approximate surface area is 221 Å². The average Bonchev–Trinajstić information content (AvgIpc) is 3.24. The molecule has 1 aliphatic carbocycles. The molecule has 0 amide bonds. The van der Waals surface area contributed by atoms with Crippen molar-refractivity contribution < 1.29 is 35.9 Å². The van der Waals surface area contributed by atoms with Crippen LogP contribution in [0.1, 0.15) is 24.0 Å². The van der Waals surface area contributed by atoms with Crippen molar-refractivity contribution in [1.29, 1.82) is 0 Å². The maximum Gasteiger partial charge on any atom is 2.00 e. The van der Waals surface area contributed by atoms with Crippen LogP contribution >= 0.6 is 0 Å². The molecule has 0 fully saturated rings. The Morgan fingerprint density at radius 1 is 1.03 bits per heavy atom. The van der Waals surface area contributed by atoms with E-state index in [1.54, 1.807) is 7.11 Å². The van der Waals surface area contributed by atoms with Gasteiger partial charge in [0, 0.05) is 32.9 Å². The first kappa shape index (κ1) is 26.8. The Bertz CT molecular complexity index is 1060. The molecule has 4 rings (SSSR count). The van der Waals surface area contributed by atoms with Crippen LogP contribution in [0.3, 0.4) is 0 Å². The molecule has 0 spiro atoms. The number of nitrogens with zero attached hydrogens (tertiary/aromatic N) is 5. The fraction of sp³-hybridized carbons (Fsp3) is 0.269. The van der Waals surface area contributed by atoms with E-state index in [-0.39, 0.29) is 38.5 Å². The smallest absolute Gasteiger partial charge is 0.497 e. The maximum atomic E-state index is 5.27. The number of ether oxygens (including phenoxy) is 1. The van der Waals surface area contributed by atoms with Crippen molar-refractivity contribution in [2.45, 2.75) is 25.9 Å². The number of hydrogen-bond acceptors (Lipinski definition) is 5. The zero-order chi connectivity index (χ0) is 21.6. The van der Waals surface area contributed by atoms with Gasteiger partial charge in [-0.2, -0.15) is 35.3 Å². The van der Waals surface area contributed by atoms with Gasteiger partial charge in [-0.1, -0.05) is 24.3 Å². The van der Waals surface area contributed by atoms with Gasteiger partial charge >= 0.3 is 31.1 Å². The normalized spacial score (nSPS) is 12.3. The molecular weight excluding hydrogens is 636 g/mol. The Morgan fingerprint density at radius 2 is 1.76 bits per heavy atom. The molecule has 0 bridgehead atoms. The number of rotatable bonds is 8. The van der Waals surface area contributed by atoms with Crippen LogP contribution in [0.5, 0.6) is 5.75 Å². The molecule has 2 aromatic carbocycles. The van der Waals surface area contributed by atoms with Crippen molar-refractivity contribution in [1.82, 2.24) is 14.8 Å². The second kappa shape index (κ2) is 12.7. The first-order valence-corrected chi connectivity index (χ1v) is 10.5. The number of hydrogen-bond donors (Lipinski definition) is 0. The number of benzene rings is 2. The quantitative estimate of drug-likeness (QED) is 0.321. The Kier molecular flexibility index (Phi) is 10.3. The first-order chi connectivity index (χ1) is 15.1. The summed E-state index contributed by atoms with van der Waals surface area (Å²) >= 11 is 0. The fourth-order valence-electron chi connectivity index (χ4n) is 3.59. The van der Waals surface area contributed by atoms with Crippen molar-refractivity contribution in [2.75, 3.05) is 31.0 Å². The van der Waals surface area contributed by atoms with Crippen LogP contribution in [0.15, 0.2) is 72.5 Å². The third-order valence-electron chi connectivity index (χ3n) is 5.34. The van der Waals surface area contributed by atoms with E-state index < -0.39 is 0 Å². The molecule has 7 heteroatoms. The maximum absolute atomic E-state index is 5.27. The zero-order valence-corrected chi connectivity index (χ0v) is 24.0. The van der Waals surface area contributed by atoms with E-state index in [2.05, 4.69) is 58.4 Å². The van der Waals surface area contributed by atoms with Crippen LogP contribution < -0.4 is 14.5 Å². The molecular formula is C26H31N5OU.